The molecule has 1 aliphatic rings. The smallest absolute Gasteiger partial charge is 0.145 e. The normalized spacial score (nSPS) is 16.7. The maximum Gasteiger partial charge on any atom is 0.145 e. The van der Waals surface area contributed by atoms with Crippen LogP contribution in [0.25, 0.3) is 11.0 Å². The van der Waals surface area contributed by atoms with Crippen molar-refractivity contribution in [3.05, 3.63) is 30.5 Å². The molecule has 3 rings (SSSR count). The summed E-state index contributed by atoms with van der Waals surface area (Å²) < 4.78 is 0. The number of anilines is 1. The molecule has 0 spiro atoms. The Kier molecular flexibility index (Phi) is 2.88. The van der Waals surface area contributed by atoms with Crippen molar-refractivity contribution in [2.75, 3.05) is 18.4 Å². The molecule has 0 saturated heterocycles. The minimum absolute atomic E-state index is 0.419. The van der Waals surface area contributed by atoms with Crippen molar-refractivity contribution in [3.8, 4) is 0 Å². The Bertz CT molecular complexity index is 548. The van der Waals surface area contributed by atoms with E-state index in [4.69, 9.17) is 5.73 Å². The number of para-hydroxylation sites is 2. The number of nitrogens with zero attached hydrogens (tertiary/aromatic N) is 2. The van der Waals surface area contributed by atoms with Crippen LogP contribution >= 0.6 is 0 Å². The van der Waals surface area contributed by atoms with E-state index in [0.717, 1.165) is 36.4 Å². The Hall–Kier alpha value is -1.68. The fourth-order valence-electron chi connectivity index (χ4n) is 2.32. The molecular weight excluding hydrogens is 224 g/mol. The summed E-state index contributed by atoms with van der Waals surface area (Å²) in [4.78, 5) is 8.96. The molecule has 0 atom stereocenters. The Morgan fingerprint density at radius 3 is 2.72 bits per heavy atom. The average Bonchev–Trinajstić information content (AvgIpc) is 3.17. The van der Waals surface area contributed by atoms with Gasteiger partial charge in [-0.2, -0.15) is 0 Å². The van der Waals surface area contributed by atoms with Gasteiger partial charge < -0.3 is 11.1 Å². The van der Waals surface area contributed by atoms with Gasteiger partial charge in [0.15, 0.2) is 0 Å². The number of nitrogens with two attached hydrogens (primary N) is 1. The standard InChI is InChI=1S/C14H18N4/c15-8-7-14(5-6-14)10-17-13-9-16-11-3-1-2-4-12(11)18-13/h1-4,9H,5-8,10,15H2,(H,17,18). The molecule has 0 radical (unpaired) electrons. The molecule has 94 valence electrons. The van der Waals surface area contributed by atoms with E-state index >= 15 is 0 Å². The Morgan fingerprint density at radius 2 is 2.00 bits per heavy atom. The molecule has 1 aliphatic carbocycles. The second-order valence-electron chi connectivity index (χ2n) is 5.14. The zero-order valence-electron chi connectivity index (χ0n) is 10.4. The number of hydrogen-bond acceptors (Lipinski definition) is 4. The fourth-order valence-corrected chi connectivity index (χ4v) is 2.32. The van der Waals surface area contributed by atoms with E-state index in [2.05, 4.69) is 15.3 Å². The monoisotopic (exact) mass is 242 g/mol. The van der Waals surface area contributed by atoms with E-state index in [1.165, 1.54) is 12.8 Å². The van der Waals surface area contributed by atoms with Crippen molar-refractivity contribution in [2.24, 2.45) is 11.1 Å². The van der Waals surface area contributed by atoms with Gasteiger partial charge in [0.1, 0.15) is 5.82 Å². The molecule has 1 saturated carbocycles. The zero-order valence-corrected chi connectivity index (χ0v) is 10.4. The molecule has 3 N–H and O–H groups in total. The second kappa shape index (κ2) is 4.53. The SMILES string of the molecule is NCCC1(CNc2cnc3ccccc3n2)CC1. The van der Waals surface area contributed by atoms with Crippen LogP contribution in [0.3, 0.4) is 0 Å². The van der Waals surface area contributed by atoms with Gasteiger partial charge in [0.25, 0.3) is 0 Å². The van der Waals surface area contributed by atoms with Crippen LogP contribution in [0.1, 0.15) is 19.3 Å². The fraction of sp³-hybridized carbons (Fsp3) is 0.429. The lowest BCUT2D eigenvalue weighted by atomic mass is 10.0. The lowest BCUT2D eigenvalue weighted by Gasteiger charge is -2.15. The molecule has 0 aliphatic heterocycles. The van der Waals surface area contributed by atoms with Crippen LogP contribution in [0, 0.1) is 5.41 Å². The molecule has 1 heterocycles. The molecule has 1 aromatic heterocycles. The first-order chi connectivity index (χ1) is 8.81. The number of fused-ring (bicyclic) bond motifs is 1. The maximum absolute atomic E-state index is 5.64. The van der Waals surface area contributed by atoms with Crippen molar-refractivity contribution in [2.45, 2.75) is 19.3 Å². The van der Waals surface area contributed by atoms with E-state index in [-0.39, 0.29) is 0 Å². The van der Waals surface area contributed by atoms with Gasteiger partial charge in [-0.05, 0) is 43.4 Å². The lowest BCUT2D eigenvalue weighted by molar-refractivity contribution is 0.500. The van der Waals surface area contributed by atoms with E-state index in [0.29, 0.717) is 5.41 Å². The van der Waals surface area contributed by atoms with Crippen LogP contribution in [0.4, 0.5) is 5.82 Å². The first-order valence-corrected chi connectivity index (χ1v) is 6.47. The first-order valence-electron chi connectivity index (χ1n) is 6.47. The zero-order chi connectivity index (χ0) is 12.4. The van der Waals surface area contributed by atoms with Crippen LogP contribution in [0.5, 0.6) is 0 Å². The van der Waals surface area contributed by atoms with Gasteiger partial charge in [-0.25, -0.2) is 4.98 Å². The highest BCUT2D eigenvalue weighted by Gasteiger charge is 2.41. The predicted octanol–water partition coefficient (Wildman–Crippen LogP) is 2.17. The summed E-state index contributed by atoms with van der Waals surface area (Å²) in [7, 11) is 0. The van der Waals surface area contributed by atoms with E-state index in [9.17, 15) is 0 Å². The molecular formula is C14H18N4. The number of rotatable bonds is 5. The van der Waals surface area contributed by atoms with E-state index in [1.807, 2.05) is 24.3 Å². The van der Waals surface area contributed by atoms with Crippen LogP contribution in [-0.4, -0.2) is 23.1 Å². The van der Waals surface area contributed by atoms with Crippen molar-refractivity contribution in [3.63, 3.8) is 0 Å². The molecule has 2 aromatic rings. The van der Waals surface area contributed by atoms with Gasteiger partial charge in [-0.3, -0.25) is 4.98 Å². The van der Waals surface area contributed by atoms with Gasteiger partial charge in [0.2, 0.25) is 0 Å². The summed E-state index contributed by atoms with van der Waals surface area (Å²) in [6.45, 7) is 1.72. The van der Waals surface area contributed by atoms with Crippen LogP contribution < -0.4 is 11.1 Å². The molecule has 4 nitrogen and oxygen atoms in total. The first kappa shape index (κ1) is 11.4. The summed E-state index contributed by atoms with van der Waals surface area (Å²) in [6.07, 6.45) is 5.46. The molecule has 4 heteroatoms. The third-order valence-corrected chi connectivity index (χ3v) is 3.72. The number of aromatic nitrogens is 2. The van der Waals surface area contributed by atoms with Gasteiger partial charge >= 0.3 is 0 Å². The van der Waals surface area contributed by atoms with Crippen molar-refractivity contribution < 1.29 is 0 Å². The number of nitrogens with one attached hydrogen (secondary N) is 1. The van der Waals surface area contributed by atoms with Gasteiger partial charge in [-0.1, -0.05) is 12.1 Å². The molecule has 1 aromatic carbocycles. The highest BCUT2D eigenvalue weighted by molar-refractivity contribution is 5.75. The highest BCUT2D eigenvalue weighted by Crippen LogP contribution is 2.48. The number of benzene rings is 1. The summed E-state index contributed by atoms with van der Waals surface area (Å²) in [5.74, 6) is 0.858. The molecule has 0 amide bonds. The third kappa shape index (κ3) is 2.29. The Balaban J connectivity index is 1.71. The van der Waals surface area contributed by atoms with E-state index in [1.54, 1.807) is 6.20 Å². The van der Waals surface area contributed by atoms with Crippen LogP contribution in [0.15, 0.2) is 30.5 Å². The summed E-state index contributed by atoms with van der Waals surface area (Å²) in [5.41, 5.74) is 7.93. The van der Waals surface area contributed by atoms with E-state index < -0.39 is 0 Å². The predicted molar refractivity (Wildman–Crippen MR) is 73.4 cm³/mol. The topological polar surface area (TPSA) is 63.8 Å². The second-order valence-corrected chi connectivity index (χ2v) is 5.14. The van der Waals surface area contributed by atoms with Crippen LogP contribution in [0.2, 0.25) is 0 Å². The van der Waals surface area contributed by atoms with Gasteiger partial charge in [0.05, 0.1) is 17.2 Å². The minimum Gasteiger partial charge on any atom is -0.368 e. The summed E-state index contributed by atoms with van der Waals surface area (Å²) in [6, 6.07) is 7.92. The van der Waals surface area contributed by atoms with Crippen LogP contribution in [-0.2, 0) is 0 Å². The van der Waals surface area contributed by atoms with Crippen molar-refractivity contribution >= 4 is 16.9 Å². The third-order valence-electron chi connectivity index (χ3n) is 3.72. The summed E-state index contributed by atoms with van der Waals surface area (Å²) >= 11 is 0. The molecule has 1 fully saturated rings. The quantitative estimate of drug-likeness (QED) is 0.843. The minimum atomic E-state index is 0.419. The summed E-state index contributed by atoms with van der Waals surface area (Å²) in [5, 5.41) is 3.40. The molecule has 0 bridgehead atoms. The Labute approximate surface area is 107 Å². The molecule has 18 heavy (non-hydrogen) atoms. The highest BCUT2D eigenvalue weighted by atomic mass is 15.0. The number of hydrogen-bond donors (Lipinski definition) is 2. The Morgan fingerprint density at radius 1 is 1.22 bits per heavy atom. The van der Waals surface area contributed by atoms with Gasteiger partial charge in [0, 0.05) is 6.54 Å². The van der Waals surface area contributed by atoms with Gasteiger partial charge in [-0.15, -0.1) is 0 Å². The van der Waals surface area contributed by atoms with Crippen molar-refractivity contribution in [1.82, 2.24) is 9.97 Å². The lowest BCUT2D eigenvalue weighted by Crippen LogP contribution is -2.19. The largest absolute Gasteiger partial charge is 0.368 e. The maximum atomic E-state index is 5.64. The molecule has 0 unspecified atom stereocenters. The average molecular weight is 242 g/mol. The van der Waals surface area contributed by atoms with Crippen molar-refractivity contribution in [1.29, 1.82) is 0 Å².